The summed E-state index contributed by atoms with van der Waals surface area (Å²) in [6.07, 6.45) is 1.07. The molecule has 0 aliphatic rings. The van der Waals surface area contributed by atoms with Crippen molar-refractivity contribution in [2.24, 2.45) is 0 Å². The van der Waals surface area contributed by atoms with Crippen molar-refractivity contribution in [2.75, 3.05) is 24.0 Å². The average molecular weight is 333 g/mol. The zero-order valence-electron chi connectivity index (χ0n) is 11.9. The summed E-state index contributed by atoms with van der Waals surface area (Å²) in [4.78, 5) is 0. The first kappa shape index (κ1) is 17.8. The molecule has 0 aromatic heterocycles. The highest BCUT2D eigenvalue weighted by molar-refractivity contribution is 7.91. The Bertz CT molecular complexity index is 618. The van der Waals surface area contributed by atoms with E-state index in [2.05, 4.69) is 11.8 Å². The van der Waals surface area contributed by atoms with Gasteiger partial charge in [0.1, 0.15) is 18.2 Å². The van der Waals surface area contributed by atoms with Gasteiger partial charge in [-0.15, -0.1) is 11.6 Å². The van der Waals surface area contributed by atoms with Crippen LogP contribution in [0.25, 0.3) is 0 Å². The van der Waals surface area contributed by atoms with Crippen LogP contribution >= 0.6 is 11.6 Å². The van der Waals surface area contributed by atoms with E-state index in [9.17, 15) is 12.8 Å². The van der Waals surface area contributed by atoms with Crippen molar-refractivity contribution < 1.29 is 17.5 Å². The predicted octanol–water partition coefficient (Wildman–Crippen LogP) is 3.01. The molecule has 0 saturated carbocycles. The Morgan fingerprint density at radius 2 is 2.10 bits per heavy atom. The molecule has 6 heteroatoms. The Morgan fingerprint density at radius 3 is 2.76 bits per heavy atom. The molecule has 1 aromatic carbocycles. The Balaban J connectivity index is 2.73. The second kappa shape index (κ2) is 8.91. The number of halogens is 2. The quantitative estimate of drug-likeness (QED) is 0.569. The molecule has 0 N–H and O–H groups in total. The normalized spacial score (nSPS) is 10.8. The van der Waals surface area contributed by atoms with Gasteiger partial charge in [-0.2, -0.15) is 0 Å². The van der Waals surface area contributed by atoms with Crippen LogP contribution < -0.4 is 4.74 Å². The van der Waals surface area contributed by atoms with Gasteiger partial charge in [-0.1, -0.05) is 18.8 Å². The number of ether oxygens (including phenoxy) is 1. The minimum absolute atomic E-state index is 0.0259. The van der Waals surface area contributed by atoms with Crippen LogP contribution in [-0.2, 0) is 9.84 Å². The maximum atomic E-state index is 13.2. The van der Waals surface area contributed by atoms with Crippen LogP contribution in [0.3, 0.4) is 0 Å². The fourth-order valence-electron chi connectivity index (χ4n) is 1.62. The van der Waals surface area contributed by atoms with E-state index in [1.165, 1.54) is 18.2 Å². The van der Waals surface area contributed by atoms with Gasteiger partial charge in [-0.3, -0.25) is 0 Å². The summed E-state index contributed by atoms with van der Waals surface area (Å²) in [6, 6.07) is 3.96. The summed E-state index contributed by atoms with van der Waals surface area (Å²) >= 11 is 5.53. The van der Waals surface area contributed by atoms with Crippen LogP contribution in [0.1, 0.15) is 25.3 Å². The molecule has 0 fully saturated rings. The van der Waals surface area contributed by atoms with Gasteiger partial charge in [0.25, 0.3) is 0 Å². The smallest absolute Gasteiger partial charge is 0.153 e. The van der Waals surface area contributed by atoms with Gasteiger partial charge in [0.15, 0.2) is 9.84 Å². The lowest BCUT2D eigenvalue weighted by molar-refractivity contribution is 0.339. The molecule has 1 rings (SSSR count). The van der Waals surface area contributed by atoms with Crippen molar-refractivity contribution in [1.29, 1.82) is 0 Å². The molecule has 0 atom stereocenters. The van der Waals surface area contributed by atoms with Gasteiger partial charge in [0.05, 0.1) is 17.1 Å². The zero-order valence-corrected chi connectivity index (χ0v) is 13.4. The Kier molecular flexibility index (Phi) is 7.55. The maximum absolute atomic E-state index is 13.2. The van der Waals surface area contributed by atoms with Crippen LogP contribution in [0, 0.1) is 17.7 Å². The highest BCUT2D eigenvalue weighted by Gasteiger charge is 2.10. The minimum atomic E-state index is -3.10. The first-order valence-electron chi connectivity index (χ1n) is 6.66. The average Bonchev–Trinajstić information content (AvgIpc) is 2.41. The molecule has 0 radical (unpaired) electrons. The van der Waals surface area contributed by atoms with E-state index in [0.717, 1.165) is 0 Å². The number of benzene rings is 1. The van der Waals surface area contributed by atoms with Crippen molar-refractivity contribution >= 4 is 21.4 Å². The van der Waals surface area contributed by atoms with Crippen LogP contribution in [0.15, 0.2) is 18.2 Å². The molecule has 21 heavy (non-hydrogen) atoms. The van der Waals surface area contributed by atoms with Gasteiger partial charge >= 0.3 is 0 Å². The second-order valence-electron chi connectivity index (χ2n) is 4.38. The van der Waals surface area contributed by atoms with E-state index in [1.807, 2.05) is 6.92 Å². The second-order valence-corrected chi connectivity index (χ2v) is 7.06. The molecule has 0 saturated heterocycles. The van der Waals surface area contributed by atoms with Crippen LogP contribution in [-0.4, -0.2) is 32.4 Å². The topological polar surface area (TPSA) is 43.4 Å². The Hall–Kier alpha value is -1.25. The third-order valence-corrected chi connectivity index (χ3v) is 4.56. The molecule has 1 aromatic rings. The molecule has 0 aliphatic carbocycles. The lowest BCUT2D eigenvalue weighted by Gasteiger charge is -2.08. The van der Waals surface area contributed by atoms with Gasteiger partial charge in [0.2, 0.25) is 0 Å². The molecule has 0 amide bonds. The van der Waals surface area contributed by atoms with Crippen LogP contribution in [0.4, 0.5) is 4.39 Å². The number of rotatable bonds is 7. The third kappa shape index (κ3) is 6.83. The van der Waals surface area contributed by atoms with E-state index in [1.54, 1.807) is 0 Å². The summed E-state index contributed by atoms with van der Waals surface area (Å²) in [5, 5.41) is 0. The summed E-state index contributed by atoms with van der Waals surface area (Å²) < 4.78 is 41.8. The van der Waals surface area contributed by atoms with E-state index < -0.39 is 15.7 Å². The molecule has 0 heterocycles. The van der Waals surface area contributed by atoms with E-state index in [0.29, 0.717) is 30.0 Å². The van der Waals surface area contributed by atoms with Crippen molar-refractivity contribution in [3.63, 3.8) is 0 Å². The SMILES string of the molecule is CCCS(=O)(=O)CCOc1ccc(F)cc1C#CCCCl. The molecule has 0 spiro atoms. The molecule has 3 nitrogen and oxygen atoms in total. The summed E-state index contributed by atoms with van der Waals surface area (Å²) in [7, 11) is -3.10. The molecule has 0 aliphatic heterocycles. The van der Waals surface area contributed by atoms with Gasteiger partial charge < -0.3 is 4.74 Å². The van der Waals surface area contributed by atoms with Crippen LogP contribution in [0.2, 0.25) is 0 Å². The highest BCUT2D eigenvalue weighted by atomic mass is 35.5. The summed E-state index contributed by atoms with van der Waals surface area (Å²) in [5.41, 5.74) is 0.396. The van der Waals surface area contributed by atoms with E-state index in [4.69, 9.17) is 16.3 Å². The summed E-state index contributed by atoms with van der Waals surface area (Å²) in [6.45, 7) is 1.83. The number of sulfone groups is 1. The Morgan fingerprint density at radius 1 is 1.33 bits per heavy atom. The van der Waals surface area contributed by atoms with Gasteiger partial charge in [-0.25, -0.2) is 12.8 Å². The third-order valence-electron chi connectivity index (χ3n) is 2.55. The minimum Gasteiger partial charge on any atom is -0.491 e. The van der Waals surface area contributed by atoms with Crippen molar-refractivity contribution in [2.45, 2.75) is 19.8 Å². The van der Waals surface area contributed by atoms with E-state index in [-0.39, 0.29) is 18.1 Å². The number of alkyl halides is 1. The first-order chi connectivity index (χ1) is 9.98. The largest absolute Gasteiger partial charge is 0.491 e. The first-order valence-corrected chi connectivity index (χ1v) is 9.01. The number of hydrogen-bond donors (Lipinski definition) is 0. The van der Waals surface area contributed by atoms with Crippen molar-refractivity contribution in [3.05, 3.63) is 29.6 Å². The molecular formula is C15H18ClFO3S. The molecule has 0 unspecified atom stereocenters. The Labute approximate surface area is 130 Å². The molecule has 0 bridgehead atoms. The van der Waals surface area contributed by atoms with Crippen molar-refractivity contribution in [3.8, 4) is 17.6 Å². The predicted molar refractivity (Wildman–Crippen MR) is 83.1 cm³/mol. The standard InChI is InChI=1S/C15H18ClFO3S/c1-2-10-21(18,19)11-9-20-15-7-6-14(17)12-13(15)5-3-4-8-16/h6-7,12H,2,4,8-11H2,1H3. The summed E-state index contributed by atoms with van der Waals surface area (Å²) in [5.74, 6) is 6.01. The fraction of sp³-hybridized carbons (Fsp3) is 0.467. The van der Waals surface area contributed by atoms with Gasteiger partial charge in [-0.05, 0) is 24.6 Å². The zero-order chi connectivity index (χ0) is 15.7. The van der Waals surface area contributed by atoms with Crippen LogP contribution in [0.5, 0.6) is 5.75 Å². The number of hydrogen-bond acceptors (Lipinski definition) is 3. The highest BCUT2D eigenvalue weighted by Crippen LogP contribution is 2.19. The maximum Gasteiger partial charge on any atom is 0.153 e. The molecular weight excluding hydrogens is 315 g/mol. The lowest BCUT2D eigenvalue weighted by atomic mass is 10.2. The fourth-order valence-corrected chi connectivity index (χ4v) is 2.88. The van der Waals surface area contributed by atoms with E-state index >= 15 is 0 Å². The molecule has 116 valence electrons. The van der Waals surface area contributed by atoms with Crippen molar-refractivity contribution in [1.82, 2.24) is 0 Å². The lowest BCUT2D eigenvalue weighted by Crippen LogP contribution is -2.17. The monoisotopic (exact) mass is 332 g/mol. The van der Waals surface area contributed by atoms with Gasteiger partial charge in [0, 0.05) is 12.3 Å².